The molecule has 0 unspecified atom stereocenters. The van der Waals surface area contributed by atoms with Gasteiger partial charge in [-0.1, -0.05) is 61.9 Å². The topological polar surface area (TPSA) is 12.9 Å². The van der Waals surface area contributed by atoms with Crippen molar-refractivity contribution in [3.63, 3.8) is 0 Å². The molecule has 0 aliphatic heterocycles. The zero-order valence-corrected chi connectivity index (χ0v) is 15.8. The zero-order valence-electron chi connectivity index (χ0n) is 14.2. The highest BCUT2D eigenvalue weighted by Crippen LogP contribution is 2.26. The summed E-state index contributed by atoms with van der Waals surface area (Å²) in [6, 6.07) is 20.3. The Morgan fingerprint density at radius 3 is 2.62 bits per heavy atom. The van der Waals surface area contributed by atoms with Crippen molar-refractivity contribution in [3.05, 3.63) is 75.7 Å². The van der Waals surface area contributed by atoms with Gasteiger partial charge in [-0.05, 0) is 35.4 Å². The lowest BCUT2D eigenvalue weighted by Crippen LogP contribution is -1.93. The molecular weight excluding hydrogens is 330 g/mol. The van der Waals surface area contributed by atoms with E-state index in [4.69, 9.17) is 4.98 Å². The van der Waals surface area contributed by atoms with Crippen LogP contribution >= 0.6 is 23.1 Å². The molecule has 0 aliphatic rings. The van der Waals surface area contributed by atoms with Crippen molar-refractivity contribution in [3.8, 4) is 11.1 Å². The highest BCUT2D eigenvalue weighted by Gasteiger charge is 2.11. The van der Waals surface area contributed by atoms with Crippen molar-refractivity contribution in [1.82, 2.24) is 4.98 Å². The first-order valence-electron chi connectivity index (χ1n) is 8.32. The second-order valence-electron chi connectivity index (χ2n) is 5.81. The summed E-state index contributed by atoms with van der Waals surface area (Å²) in [5.41, 5.74) is 5.02. The molecule has 0 spiro atoms. The minimum atomic E-state index is 0.986. The van der Waals surface area contributed by atoms with Crippen LogP contribution < -0.4 is 0 Å². The van der Waals surface area contributed by atoms with Crippen molar-refractivity contribution in [2.45, 2.75) is 31.9 Å². The Morgan fingerprint density at radius 2 is 1.96 bits per heavy atom. The van der Waals surface area contributed by atoms with Crippen molar-refractivity contribution in [2.24, 2.45) is 0 Å². The summed E-state index contributed by atoms with van der Waals surface area (Å²) in [6.07, 6.45) is 5.36. The molecule has 3 heteroatoms. The summed E-state index contributed by atoms with van der Waals surface area (Å²) in [4.78, 5) is 6.27. The lowest BCUT2D eigenvalue weighted by atomic mass is 10.0. The average Bonchev–Trinajstić information content (AvgIpc) is 2.98. The number of thiazole rings is 1. The summed E-state index contributed by atoms with van der Waals surface area (Å²) in [5.74, 6) is 1.02. The van der Waals surface area contributed by atoms with Gasteiger partial charge in [-0.15, -0.1) is 11.3 Å². The largest absolute Gasteiger partial charge is 0.245 e. The average molecular weight is 353 g/mol. The van der Waals surface area contributed by atoms with Gasteiger partial charge in [-0.2, -0.15) is 11.8 Å². The van der Waals surface area contributed by atoms with E-state index >= 15 is 0 Å². The lowest BCUT2D eigenvalue weighted by molar-refractivity contribution is 0.873. The Kier molecular flexibility index (Phi) is 6.11. The number of hydrogen-bond acceptors (Lipinski definition) is 3. The second kappa shape index (κ2) is 8.50. The monoisotopic (exact) mass is 352 g/mol. The maximum Gasteiger partial charge on any atom is 0.103 e. The Morgan fingerprint density at radius 1 is 1.12 bits per heavy atom. The molecule has 0 amide bonds. The molecule has 0 fully saturated rings. The molecule has 3 aromatic rings. The number of nitrogens with zero attached hydrogens (tertiary/aromatic N) is 1. The standard InChI is InChI=1S/C21H22NS2/c1-3-7-19-20(24-21(22-19)15-23-2)14-16-10-12-18(13-11-16)17-8-5-4-6-9-17/h4-6,8,10-13H,3,7,14-15H2,1-2H3. The number of hydrogen-bond donors (Lipinski definition) is 0. The summed E-state index contributed by atoms with van der Waals surface area (Å²) in [6.45, 7) is 2.22. The van der Waals surface area contributed by atoms with Crippen LogP contribution in [0.3, 0.4) is 0 Å². The normalized spacial score (nSPS) is 10.9. The highest BCUT2D eigenvalue weighted by atomic mass is 32.2. The van der Waals surface area contributed by atoms with Gasteiger partial charge in [-0.3, -0.25) is 0 Å². The van der Waals surface area contributed by atoms with Crippen LogP contribution in [0.15, 0.2) is 48.5 Å². The quantitative estimate of drug-likeness (QED) is 0.516. The van der Waals surface area contributed by atoms with Crippen LogP contribution in [0.1, 0.15) is 34.5 Å². The van der Waals surface area contributed by atoms with Crippen LogP contribution in [0.25, 0.3) is 11.1 Å². The Labute approximate surface area is 153 Å². The zero-order chi connectivity index (χ0) is 16.8. The Balaban J connectivity index is 1.78. The molecule has 0 saturated heterocycles. The van der Waals surface area contributed by atoms with Gasteiger partial charge in [0.15, 0.2) is 0 Å². The first-order valence-corrected chi connectivity index (χ1v) is 10.5. The predicted octanol–water partition coefficient (Wildman–Crippen LogP) is 6.02. The van der Waals surface area contributed by atoms with Gasteiger partial charge in [-0.25, -0.2) is 4.98 Å². The van der Waals surface area contributed by atoms with E-state index in [2.05, 4.69) is 55.6 Å². The van der Waals surface area contributed by atoms with Crippen molar-refractivity contribution in [2.75, 3.05) is 6.26 Å². The maximum atomic E-state index is 4.84. The molecule has 1 radical (unpaired) electrons. The molecule has 1 nitrogen and oxygen atoms in total. The van der Waals surface area contributed by atoms with Gasteiger partial charge in [0.05, 0.1) is 5.69 Å². The van der Waals surface area contributed by atoms with E-state index < -0.39 is 0 Å². The molecule has 3 rings (SSSR count). The molecule has 1 heterocycles. The molecule has 0 N–H and O–H groups in total. The SMILES string of the molecule is CCCc1nc(CSC)sc1Cc1ccc(-c2[c]cccc2)cc1. The molecule has 0 aliphatic carbocycles. The van der Waals surface area contributed by atoms with Crippen molar-refractivity contribution in [1.29, 1.82) is 0 Å². The fraction of sp³-hybridized carbons (Fsp3) is 0.286. The molecule has 1 aromatic heterocycles. The third-order valence-electron chi connectivity index (χ3n) is 3.92. The first kappa shape index (κ1) is 17.2. The van der Waals surface area contributed by atoms with Gasteiger partial charge in [0.25, 0.3) is 0 Å². The predicted molar refractivity (Wildman–Crippen MR) is 107 cm³/mol. The summed E-state index contributed by atoms with van der Waals surface area (Å²) < 4.78 is 0. The molecule has 123 valence electrons. The van der Waals surface area contributed by atoms with E-state index in [-0.39, 0.29) is 0 Å². The number of benzene rings is 2. The van der Waals surface area contributed by atoms with Gasteiger partial charge in [0.2, 0.25) is 0 Å². The number of rotatable bonds is 7. The third kappa shape index (κ3) is 4.28. The molecule has 24 heavy (non-hydrogen) atoms. The fourth-order valence-electron chi connectivity index (χ4n) is 2.75. The molecule has 0 saturated carbocycles. The summed E-state index contributed by atoms with van der Waals surface area (Å²) >= 11 is 3.73. The van der Waals surface area contributed by atoms with Crippen LogP contribution in [0, 0.1) is 6.07 Å². The van der Waals surface area contributed by atoms with Gasteiger partial charge < -0.3 is 0 Å². The Bertz CT molecular complexity index is 760. The van der Waals surface area contributed by atoms with E-state index in [1.807, 2.05) is 35.2 Å². The van der Waals surface area contributed by atoms with E-state index in [0.717, 1.165) is 30.6 Å². The van der Waals surface area contributed by atoms with Crippen LogP contribution in [-0.4, -0.2) is 11.2 Å². The van der Waals surface area contributed by atoms with E-state index in [0.29, 0.717) is 0 Å². The smallest absolute Gasteiger partial charge is 0.103 e. The van der Waals surface area contributed by atoms with E-state index in [1.54, 1.807) is 0 Å². The maximum absolute atomic E-state index is 4.84. The second-order valence-corrected chi connectivity index (χ2v) is 7.84. The molecular formula is C21H22NS2. The van der Waals surface area contributed by atoms with Crippen LogP contribution in [0.2, 0.25) is 0 Å². The lowest BCUT2D eigenvalue weighted by Gasteiger charge is -2.05. The number of thioether (sulfide) groups is 1. The fourth-order valence-corrected chi connectivity index (χ4v) is 4.60. The van der Waals surface area contributed by atoms with Crippen LogP contribution in [-0.2, 0) is 18.6 Å². The van der Waals surface area contributed by atoms with Crippen LogP contribution in [0.4, 0.5) is 0 Å². The van der Waals surface area contributed by atoms with Crippen molar-refractivity contribution >= 4 is 23.1 Å². The third-order valence-corrected chi connectivity index (χ3v) is 5.76. The first-order chi connectivity index (χ1) is 11.8. The molecule has 0 bridgehead atoms. The van der Waals surface area contributed by atoms with Gasteiger partial charge in [0.1, 0.15) is 5.01 Å². The van der Waals surface area contributed by atoms with Gasteiger partial charge in [0, 0.05) is 17.1 Å². The van der Waals surface area contributed by atoms with Crippen molar-refractivity contribution < 1.29 is 0 Å². The number of aryl methyl sites for hydroxylation is 1. The van der Waals surface area contributed by atoms with Gasteiger partial charge >= 0.3 is 0 Å². The molecule has 2 aromatic carbocycles. The Hall–Kier alpha value is -1.58. The highest BCUT2D eigenvalue weighted by molar-refractivity contribution is 7.97. The molecule has 0 atom stereocenters. The minimum Gasteiger partial charge on any atom is -0.245 e. The minimum absolute atomic E-state index is 0.986. The summed E-state index contributed by atoms with van der Waals surface area (Å²) in [7, 11) is 0. The number of aromatic nitrogens is 1. The van der Waals surface area contributed by atoms with E-state index in [9.17, 15) is 0 Å². The van der Waals surface area contributed by atoms with E-state index in [1.165, 1.54) is 26.7 Å². The summed E-state index contributed by atoms with van der Waals surface area (Å²) in [5, 5.41) is 1.26. The van der Waals surface area contributed by atoms with Crippen LogP contribution in [0.5, 0.6) is 0 Å².